The second kappa shape index (κ2) is 9.51. The molecule has 4 rings (SSSR count). The molecule has 0 saturated carbocycles. The number of aromatic nitrogens is 2. The smallest absolute Gasteiger partial charge is 0.227 e. The first-order valence-corrected chi connectivity index (χ1v) is 10.9. The Morgan fingerprint density at radius 3 is 2.65 bits per heavy atom. The first kappa shape index (κ1) is 21.4. The van der Waals surface area contributed by atoms with Gasteiger partial charge in [-0.2, -0.15) is 4.98 Å². The van der Waals surface area contributed by atoms with Gasteiger partial charge >= 0.3 is 0 Å². The fraction of sp³-hybridized carbons (Fsp3) is 0.522. The van der Waals surface area contributed by atoms with Gasteiger partial charge in [-0.3, -0.25) is 4.79 Å². The lowest BCUT2D eigenvalue weighted by atomic mass is 10.1. The summed E-state index contributed by atoms with van der Waals surface area (Å²) >= 11 is 0. The molecule has 0 bridgehead atoms. The van der Waals surface area contributed by atoms with Gasteiger partial charge in [0, 0.05) is 52.3 Å². The number of morpholine rings is 1. The summed E-state index contributed by atoms with van der Waals surface area (Å²) in [5.41, 5.74) is 3.17. The van der Waals surface area contributed by atoms with Crippen LogP contribution in [0, 0.1) is 0 Å². The zero-order chi connectivity index (χ0) is 21.8. The third kappa shape index (κ3) is 4.90. The molecule has 8 heteroatoms. The Kier molecular flexibility index (Phi) is 6.56. The average molecular weight is 426 g/mol. The molecule has 2 aromatic rings. The Hall–Kier alpha value is -2.87. The molecule has 2 aliphatic rings. The fourth-order valence-corrected chi connectivity index (χ4v) is 4.16. The normalized spacial score (nSPS) is 16.5. The minimum absolute atomic E-state index is 0.133. The van der Waals surface area contributed by atoms with Gasteiger partial charge in [-0.1, -0.05) is 12.1 Å². The number of ether oxygens (including phenoxy) is 2. The van der Waals surface area contributed by atoms with E-state index in [1.54, 1.807) is 7.11 Å². The molecule has 0 atom stereocenters. The van der Waals surface area contributed by atoms with E-state index in [1.165, 1.54) is 0 Å². The van der Waals surface area contributed by atoms with Crippen LogP contribution in [0.3, 0.4) is 0 Å². The van der Waals surface area contributed by atoms with Gasteiger partial charge in [0.25, 0.3) is 0 Å². The van der Waals surface area contributed by atoms with Crippen LogP contribution in [0.15, 0.2) is 24.3 Å². The van der Waals surface area contributed by atoms with Crippen molar-refractivity contribution < 1.29 is 14.3 Å². The van der Waals surface area contributed by atoms with Crippen LogP contribution >= 0.6 is 0 Å². The number of fused-ring (bicyclic) bond motifs is 1. The second-order valence-corrected chi connectivity index (χ2v) is 8.18. The molecule has 0 spiro atoms. The molecule has 0 unspecified atom stereocenters. The van der Waals surface area contributed by atoms with Gasteiger partial charge in [-0.15, -0.1) is 0 Å². The molecule has 0 aliphatic carbocycles. The van der Waals surface area contributed by atoms with E-state index in [0.717, 1.165) is 60.3 Å². The highest BCUT2D eigenvalue weighted by molar-refractivity contribution is 5.79. The maximum absolute atomic E-state index is 13.0. The molecular weight excluding hydrogens is 394 g/mol. The predicted molar refractivity (Wildman–Crippen MR) is 120 cm³/mol. The number of methoxy groups -OCH3 is 1. The van der Waals surface area contributed by atoms with Gasteiger partial charge in [0.2, 0.25) is 11.9 Å². The average Bonchev–Trinajstić information content (AvgIpc) is 3.01. The van der Waals surface area contributed by atoms with Gasteiger partial charge in [0.05, 0.1) is 32.4 Å². The lowest BCUT2D eigenvalue weighted by Crippen LogP contribution is -2.38. The van der Waals surface area contributed by atoms with Gasteiger partial charge in [-0.25, -0.2) is 4.98 Å². The fourth-order valence-electron chi connectivity index (χ4n) is 4.16. The summed E-state index contributed by atoms with van der Waals surface area (Å²) in [7, 11) is 5.67. The summed E-state index contributed by atoms with van der Waals surface area (Å²) < 4.78 is 10.8. The van der Waals surface area contributed by atoms with Crippen molar-refractivity contribution in [2.24, 2.45) is 0 Å². The van der Waals surface area contributed by atoms with Crippen molar-refractivity contribution in [3.8, 4) is 5.75 Å². The third-order valence-corrected chi connectivity index (χ3v) is 5.87. The van der Waals surface area contributed by atoms with Crippen LogP contribution in [0.2, 0.25) is 0 Å². The maximum Gasteiger partial charge on any atom is 0.227 e. The first-order chi connectivity index (χ1) is 15.0. The highest BCUT2D eigenvalue weighted by atomic mass is 16.5. The van der Waals surface area contributed by atoms with Gasteiger partial charge in [0.15, 0.2) is 0 Å². The number of rotatable bonds is 5. The molecule has 1 aromatic heterocycles. The van der Waals surface area contributed by atoms with Gasteiger partial charge in [0.1, 0.15) is 11.6 Å². The van der Waals surface area contributed by atoms with Gasteiger partial charge < -0.3 is 24.2 Å². The van der Waals surface area contributed by atoms with Gasteiger partial charge in [-0.05, 0) is 24.1 Å². The number of nitrogens with zero attached hydrogens (tertiary/aromatic N) is 5. The lowest BCUT2D eigenvalue weighted by Gasteiger charge is -2.28. The Morgan fingerprint density at radius 2 is 1.90 bits per heavy atom. The van der Waals surface area contributed by atoms with Crippen LogP contribution < -0.4 is 14.5 Å². The molecule has 0 N–H and O–H groups in total. The van der Waals surface area contributed by atoms with Crippen LogP contribution in [-0.2, 0) is 28.8 Å². The quantitative estimate of drug-likeness (QED) is 0.720. The molecule has 2 aliphatic heterocycles. The molecule has 1 aromatic carbocycles. The lowest BCUT2D eigenvalue weighted by molar-refractivity contribution is -0.130. The minimum atomic E-state index is 0.133. The topological polar surface area (TPSA) is 71.0 Å². The second-order valence-electron chi connectivity index (χ2n) is 8.18. The summed E-state index contributed by atoms with van der Waals surface area (Å²) in [6.45, 7) is 4.35. The van der Waals surface area contributed by atoms with E-state index < -0.39 is 0 Å². The molecule has 3 heterocycles. The summed E-state index contributed by atoms with van der Waals surface area (Å²) in [5.74, 6) is 2.62. The van der Waals surface area contributed by atoms with Crippen molar-refractivity contribution in [3.63, 3.8) is 0 Å². The van der Waals surface area contributed by atoms with Crippen molar-refractivity contribution in [2.45, 2.75) is 19.3 Å². The zero-order valence-corrected chi connectivity index (χ0v) is 18.6. The zero-order valence-electron chi connectivity index (χ0n) is 18.6. The van der Waals surface area contributed by atoms with Crippen molar-refractivity contribution in [2.75, 3.05) is 70.4 Å². The van der Waals surface area contributed by atoms with Crippen molar-refractivity contribution in [1.29, 1.82) is 0 Å². The standard InChI is InChI=1S/C23H31N5O3/c1-26(2)22-19-7-9-27(21(29)16-17-5-4-6-18(15-17)30-3)10-8-20(19)24-23(25-22)28-11-13-31-14-12-28/h4-6,15H,7-14,16H2,1-3H3. The molecule has 1 fully saturated rings. The number of benzene rings is 1. The van der Waals surface area contributed by atoms with E-state index in [9.17, 15) is 4.79 Å². The molecule has 8 nitrogen and oxygen atoms in total. The van der Waals surface area contributed by atoms with Crippen molar-refractivity contribution in [3.05, 3.63) is 41.1 Å². The summed E-state index contributed by atoms with van der Waals surface area (Å²) in [4.78, 5) is 29.0. The first-order valence-electron chi connectivity index (χ1n) is 10.9. The monoisotopic (exact) mass is 425 g/mol. The van der Waals surface area contributed by atoms with E-state index in [2.05, 4.69) is 9.80 Å². The molecule has 31 heavy (non-hydrogen) atoms. The summed E-state index contributed by atoms with van der Waals surface area (Å²) in [6.07, 6.45) is 1.87. The van der Waals surface area contributed by atoms with E-state index in [0.29, 0.717) is 32.7 Å². The van der Waals surface area contributed by atoms with Crippen LogP contribution in [0.4, 0.5) is 11.8 Å². The highest BCUT2D eigenvalue weighted by Gasteiger charge is 2.25. The number of amides is 1. The Labute approximate surface area is 183 Å². The van der Waals surface area contributed by atoms with Crippen LogP contribution in [-0.4, -0.2) is 81.4 Å². The largest absolute Gasteiger partial charge is 0.497 e. The Bertz CT molecular complexity index is 927. The number of hydrogen-bond acceptors (Lipinski definition) is 7. The van der Waals surface area contributed by atoms with E-state index >= 15 is 0 Å². The molecule has 1 saturated heterocycles. The molecule has 166 valence electrons. The number of hydrogen-bond donors (Lipinski definition) is 0. The maximum atomic E-state index is 13.0. The molecule has 0 radical (unpaired) electrons. The van der Waals surface area contributed by atoms with Crippen LogP contribution in [0.25, 0.3) is 0 Å². The number of anilines is 2. The number of carbonyl (C=O) groups excluding carboxylic acids is 1. The van der Waals surface area contributed by atoms with Crippen LogP contribution in [0.5, 0.6) is 5.75 Å². The summed E-state index contributed by atoms with van der Waals surface area (Å²) in [5, 5.41) is 0. The SMILES string of the molecule is COc1cccc(CC(=O)N2CCc3nc(N4CCOCC4)nc(N(C)C)c3CC2)c1. The van der Waals surface area contributed by atoms with Crippen LogP contribution in [0.1, 0.15) is 16.8 Å². The Morgan fingerprint density at radius 1 is 1.13 bits per heavy atom. The predicted octanol–water partition coefficient (Wildman–Crippen LogP) is 1.56. The molecular formula is C23H31N5O3. The van der Waals surface area contributed by atoms with Crippen molar-refractivity contribution in [1.82, 2.24) is 14.9 Å². The summed E-state index contributed by atoms with van der Waals surface area (Å²) in [6, 6.07) is 7.71. The van der Waals surface area contributed by atoms with E-state index in [4.69, 9.17) is 19.4 Å². The van der Waals surface area contributed by atoms with E-state index in [-0.39, 0.29) is 5.91 Å². The van der Waals surface area contributed by atoms with E-state index in [1.807, 2.05) is 43.3 Å². The third-order valence-electron chi connectivity index (χ3n) is 5.87. The Balaban J connectivity index is 1.51. The van der Waals surface area contributed by atoms with Crippen molar-refractivity contribution >= 4 is 17.7 Å². The molecule has 1 amide bonds. The minimum Gasteiger partial charge on any atom is -0.497 e. The highest BCUT2D eigenvalue weighted by Crippen LogP contribution is 2.27. The number of carbonyl (C=O) groups is 1.